The highest BCUT2D eigenvalue weighted by molar-refractivity contribution is 7.85. The predicted octanol–water partition coefficient (Wildman–Crippen LogP) is 1.51. The first-order valence-electron chi connectivity index (χ1n) is 3.70. The summed E-state index contributed by atoms with van der Waals surface area (Å²) >= 11 is 0. The largest absolute Gasteiger partial charge is 0.286 e. The molecule has 0 saturated carbocycles. The zero-order chi connectivity index (χ0) is 8.91. The molecule has 0 spiro atoms. The van der Waals surface area contributed by atoms with Gasteiger partial charge in [-0.25, -0.2) is 0 Å². The average molecular weight is 179 g/mol. The van der Waals surface area contributed by atoms with E-state index in [4.69, 9.17) is 4.55 Å². The summed E-state index contributed by atoms with van der Waals surface area (Å²) in [5.74, 6) is 0.232. The van der Waals surface area contributed by atoms with E-state index in [1.165, 1.54) is 0 Å². The summed E-state index contributed by atoms with van der Waals surface area (Å²) in [5.41, 5.74) is 0. The van der Waals surface area contributed by atoms with Crippen LogP contribution in [0.15, 0.2) is 0 Å². The normalized spacial score (nSPS) is 12.4. The molecule has 0 aromatic carbocycles. The lowest BCUT2D eigenvalue weighted by atomic mass is 10.1. The van der Waals surface area contributed by atoms with Crippen molar-refractivity contribution < 1.29 is 13.0 Å². The molecule has 1 radical (unpaired) electrons. The van der Waals surface area contributed by atoms with Crippen molar-refractivity contribution in [3.8, 4) is 0 Å². The zero-order valence-electron chi connectivity index (χ0n) is 6.78. The summed E-state index contributed by atoms with van der Waals surface area (Å²) in [6.45, 7) is 5.74. The molecule has 4 heteroatoms. The van der Waals surface area contributed by atoms with Crippen molar-refractivity contribution in [2.24, 2.45) is 5.92 Å². The highest BCUT2D eigenvalue weighted by atomic mass is 32.2. The number of hydrogen-bond donors (Lipinski definition) is 1. The van der Waals surface area contributed by atoms with Crippen molar-refractivity contribution in [2.45, 2.75) is 26.2 Å². The molecule has 0 aromatic heterocycles. The van der Waals surface area contributed by atoms with Gasteiger partial charge in [0, 0.05) is 0 Å². The number of rotatable bonds is 5. The molecule has 11 heavy (non-hydrogen) atoms. The minimum atomic E-state index is -3.74. The Morgan fingerprint density at radius 1 is 1.45 bits per heavy atom. The Morgan fingerprint density at radius 3 is 2.36 bits per heavy atom. The number of hydrogen-bond acceptors (Lipinski definition) is 2. The van der Waals surface area contributed by atoms with Crippen LogP contribution in [0.25, 0.3) is 0 Å². The maximum atomic E-state index is 10.2. The second-order valence-electron chi connectivity index (χ2n) is 2.89. The standard InChI is InChI=1S/C7H15O3S/c1-7(2)5-3-4-6-11(8,9)10/h7H,1,3-6H2,2H3,(H,8,9,10). The quantitative estimate of drug-likeness (QED) is 0.514. The first-order valence-corrected chi connectivity index (χ1v) is 5.31. The lowest BCUT2D eigenvalue weighted by molar-refractivity contribution is 0.477. The Hall–Kier alpha value is -0.0900. The van der Waals surface area contributed by atoms with Gasteiger partial charge in [-0.2, -0.15) is 8.42 Å². The van der Waals surface area contributed by atoms with E-state index in [9.17, 15) is 8.42 Å². The van der Waals surface area contributed by atoms with Crippen LogP contribution in [0.3, 0.4) is 0 Å². The molecule has 0 aliphatic heterocycles. The van der Waals surface area contributed by atoms with E-state index in [0.29, 0.717) is 12.3 Å². The Balaban J connectivity index is 3.30. The molecule has 0 fully saturated rings. The van der Waals surface area contributed by atoms with Crippen LogP contribution >= 0.6 is 0 Å². The van der Waals surface area contributed by atoms with Gasteiger partial charge >= 0.3 is 0 Å². The van der Waals surface area contributed by atoms with Crippen molar-refractivity contribution >= 4 is 10.1 Å². The summed E-state index contributed by atoms with van der Waals surface area (Å²) in [4.78, 5) is 0. The van der Waals surface area contributed by atoms with E-state index in [2.05, 4.69) is 6.92 Å². The van der Waals surface area contributed by atoms with Gasteiger partial charge in [-0.1, -0.05) is 26.7 Å². The highest BCUT2D eigenvalue weighted by Gasteiger charge is 2.03. The Labute approximate surface area is 68.6 Å². The molecule has 1 N–H and O–H groups in total. The van der Waals surface area contributed by atoms with Gasteiger partial charge in [0.25, 0.3) is 10.1 Å². The summed E-state index contributed by atoms with van der Waals surface area (Å²) in [6, 6.07) is 0. The first-order chi connectivity index (χ1) is 4.92. The molecule has 0 bridgehead atoms. The fraction of sp³-hybridized carbons (Fsp3) is 0.857. The fourth-order valence-corrected chi connectivity index (χ4v) is 1.35. The predicted molar refractivity (Wildman–Crippen MR) is 44.8 cm³/mol. The summed E-state index contributed by atoms with van der Waals surface area (Å²) in [5, 5.41) is 0. The average Bonchev–Trinajstić information content (AvgIpc) is 1.78. The zero-order valence-corrected chi connectivity index (χ0v) is 7.60. The van der Waals surface area contributed by atoms with Crippen LogP contribution < -0.4 is 0 Å². The molecule has 0 aliphatic rings. The van der Waals surface area contributed by atoms with Crippen molar-refractivity contribution in [2.75, 3.05) is 5.75 Å². The fourth-order valence-electron chi connectivity index (χ4n) is 0.777. The van der Waals surface area contributed by atoms with Crippen LogP contribution in [-0.2, 0) is 10.1 Å². The van der Waals surface area contributed by atoms with Gasteiger partial charge in [-0.3, -0.25) is 4.55 Å². The highest BCUT2D eigenvalue weighted by Crippen LogP contribution is 2.06. The van der Waals surface area contributed by atoms with E-state index >= 15 is 0 Å². The van der Waals surface area contributed by atoms with Crippen LogP contribution in [0.4, 0.5) is 0 Å². The van der Waals surface area contributed by atoms with Crippen LogP contribution in [0.5, 0.6) is 0 Å². The van der Waals surface area contributed by atoms with E-state index < -0.39 is 10.1 Å². The number of unbranched alkanes of at least 4 members (excludes halogenated alkanes) is 1. The van der Waals surface area contributed by atoms with Gasteiger partial charge in [0.05, 0.1) is 5.75 Å². The van der Waals surface area contributed by atoms with E-state index in [1.807, 2.05) is 6.92 Å². The topological polar surface area (TPSA) is 54.4 Å². The van der Waals surface area contributed by atoms with Crippen molar-refractivity contribution in [1.29, 1.82) is 0 Å². The minimum Gasteiger partial charge on any atom is -0.286 e. The lowest BCUT2D eigenvalue weighted by Gasteiger charge is -2.01. The third-order valence-electron chi connectivity index (χ3n) is 1.35. The van der Waals surface area contributed by atoms with Gasteiger partial charge in [0.15, 0.2) is 0 Å². The van der Waals surface area contributed by atoms with Gasteiger partial charge in [-0.05, 0) is 12.3 Å². The molecule has 0 aromatic rings. The monoisotopic (exact) mass is 179 g/mol. The minimum absolute atomic E-state index is 0.125. The van der Waals surface area contributed by atoms with Crippen molar-refractivity contribution in [3.63, 3.8) is 0 Å². The molecule has 0 amide bonds. The molecule has 67 valence electrons. The molecule has 1 atom stereocenters. The third-order valence-corrected chi connectivity index (χ3v) is 2.15. The van der Waals surface area contributed by atoms with Crippen LogP contribution in [0, 0.1) is 12.8 Å². The molecule has 0 rings (SSSR count). The summed E-state index contributed by atoms with van der Waals surface area (Å²) < 4.78 is 28.8. The van der Waals surface area contributed by atoms with Crippen LogP contribution in [-0.4, -0.2) is 18.7 Å². The Morgan fingerprint density at radius 2 is 2.00 bits per heavy atom. The SMILES string of the molecule is [CH2]C(C)CCCCS(=O)(=O)O. The van der Waals surface area contributed by atoms with E-state index in [-0.39, 0.29) is 5.75 Å². The van der Waals surface area contributed by atoms with Crippen LogP contribution in [0.2, 0.25) is 0 Å². The Kier molecular flexibility index (Phi) is 4.68. The molecular weight excluding hydrogens is 164 g/mol. The van der Waals surface area contributed by atoms with Crippen molar-refractivity contribution in [3.05, 3.63) is 6.92 Å². The van der Waals surface area contributed by atoms with Gasteiger partial charge in [-0.15, -0.1) is 0 Å². The second-order valence-corrected chi connectivity index (χ2v) is 4.46. The van der Waals surface area contributed by atoms with Crippen molar-refractivity contribution in [1.82, 2.24) is 0 Å². The molecular formula is C7H15O3S. The third kappa shape index (κ3) is 9.91. The Bertz CT molecular complexity index is 182. The molecule has 3 nitrogen and oxygen atoms in total. The van der Waals surface area contributed by atoms with Gasteiger partial charge in [0.2, 0.25) is 0 Å². The molecule has 1 unspecified atom stereocenters. The molecule has 0 saturated heterocycles. The lowest BCUT2D eigenvalue weighted by Crippen LogP contribution is -2.03. The van der Waals surface area contributed by atoms with Gasteiger partial charge in [0.1, 0.15) is 0 Å². The maximum Gasteiger partial charge on any atom is 0.264 e. The summed E-state index contributed by atoms with van der Waals surface area (Å²) in [7, 11) is -3.74. The second kappa shape index (κ2) is 4.72. The first kappa shape index (κ1) is 10.9. The van der Waals surface area contributed by atoms with E-state index in [1.54, 1.807) is 0 Å². The summed E-state index contributed by atoms with van der Waals surface area (Å²) in [6.07, 6.45) is 2.25. The van der Waals surface area contributed by atoms with Gasteiger partial charge < -0.3 is 0 Å². The smallest absolute Gasteiger partial charge is 0.264 e. The molecule has 0 aliphatic carbocycles. The van der Waals surface area contributed by atoms with Crippen LogP contribution in [0.1, 0.15) is 26.2 Å². The van der Waals surface area contributed by atoms with E-state index in [0.717, 1.165) is 12.8 Å². The maximum absolute atomic E-state index is 10.2. The molecule has 0 heterocycles.